The fraction of sp³-hybridized carbons (Fsp3) is 0.474. The van der Waals surface area contributed by atoms with Crippen LogP contribution in [0.2, 0.25) is 5.15 Å². The second-order valence-corrected chi connectivity index (χ2v) is 6.79. The number of carbonyl (C=O) groups is 1. The average Bonchev–Trinajstić information content (AvgIpc) is 2.63. The molecular weight excluding hydrogens is 338 g/mol. The van der Waals surface area contributed by atoms with Crippen LogP contribution in [0.3, 0.4) is 0 Å². The summed E-state index contributed by atoms with van der Waals surface area (Å²) in [6, 6.07) is 5.56. The Bertz CT molecular complexity index is 745. The number of piperidine rings is 1. The molecule has 25 heavy (non-hydrogen) atoms. The van der Waals surface area contributed by atoms with Crippen molar-refractivity contribution in [1.82, 2.24) is 9.88 Å². The number of likely N-dealkylation sites (tertiary alicyclic amines) is 1. The largest absolute Gasteiger partial charge is 0.495 e. The SMILES string of the molecule is COc1cc2ccnc(Cl)c2cc1NC(=O)CCCN1CCCCC1. The Morgan fingerprint density at radius 2 is 2.12 bits per heavy atom. The van der Waals surface area contributed by atoms with Crippen LogP contribution in [0.25, 0.3) is 10.8 Å². The molecule has 1 saturated heterocycles. The zero-order valence-electron chi connectivity index (χ0n) is 14.6. The fourth-order valence-electron chi connectivity index (χ4n) is 3.29. The summed E-state index contributed by atoms with van der Waals surface area (Å²) in [5.74, 6) is 0.619. The van der Waals surface area contributed by atoms with E-state index in [-0.39, 0.29) is 5.91 Å². The maximum Gasteiger partial charge on any atom is 0.224 e. The number of carbonyl (C=O) groups excluding carboxylic acids is 1. The number of hydrogen-bond donors (Lipinski definition) is 1. The van der Waals surface area contributed by atoms with Gasteiger partial charge in [0, 0.05) is 18.0 Å². The Balaban J connectivity index is 1.62. The molecule has 2 aromatic rings. The van der Waals surface area contributed by atoms with E-state index in [4.69, 9.17) is 16.3 Å². The molecule has 1 fully saturated rings. The van der Waals surface area contributed by atoms with Crippen LogP contribution in [-0.2, 0) is 4.79 Å². The van der Waals surface area contributed by atoms with E-state index in [0.717, 1.165) is 36.8 Å². The number of pyridine rings is 1. The predicted octanol–water partition coefficient (Wildman–Crippen LogP) is 4.10. The highest BCUT2D eigenvalue weighted by molar-refractivity contribution is 6.34. The zero-order valence-corrected chi connectivity index (χ0v) is 15.3. The molecule has 0 aliphatic carbocycles. The zero-order chi connectivity index (χ0) is 17.6. The van der Waals surface area contributed by atoms with Crippen LogP contribution in [0.5, 0.6) is 5.75 Å². The molecule has 6 heteroatoms. The van der Waals surface area contributed by atoms with Crippen molar-refractivity contribution in [3.8, 4) is 5.75 Å². The molecular formula is C19H24ClN3O2. The van der Waals surface area contributed by atoms with E-state index in [1.54, 1.807) is 13.3 Å². The Labute approximate surface area is 153 Å². The number of anilines is 1. The normalized spacial score (nSPS) is 15.3. The number of fused-ring (bicyclic) bond motifs is 1. The van der Waals surface area contributed by atoms with Gasteiger partial charge in [-0.2, -0.15) is 0 Å². The Kier molecular flexibility index (Phi) is 6.10. The van der Waals surface area contributed by atoms with Crippen LogP contribution in [0.1, 0.15) is 32.1 Å². The van der Waals surface area contributed by atoms with Crippen LogP contribution in [0, 0.1) is 0 Å². The van der Waals surface area contributed by atoms with Gasteiger partial charge >= 0.3 is 0 Å². The lowest BCUT2D eigenvalue weighted by molar-refractivity contribution is -0.116. The molecule has 0 bridgehead atoms. The molecule has 1 aliphatic rings. The number of rotatable bonds is 6. The number of benzene rings is 1. The molecule has 1 aromatic carbocycles. The van der Waals surface area contributed by atoms with Gasteiger partial charge in [0.05, 0.1) is 12.8 Å². The summed E-state index contributed by atoms with van der Waals surface area (Å²) in [4.78, 5) is 18.8. The van der Waals surface area contributed by atoms with Gasteiger partial charge in [-0.1, -0.05) is 18.0 Å². The van der Waals surface area contributed by atoms with Crippen molar-refractivity contribution in [1.29, 1.82) is 0 Å². The highest BCUT2D eigenvalue weighted by Crippen LogP contribution is 2.33. The van der Waals surface area contributed by atoms with Crippen molar-refractivity contribution in [3.05, 3.63) is 29.5 Å². The minimum Gasteiger partial charge on any atom is -0.495 e. The van der Waals surface area contributed by atoms with Crippen molar-refractivity contribution in [2.24, 2.45) is 0 Å². The van der Waals surface area contributed by atoms with Crippen molar-refractivity contribution in [3.63, 3.8) is 0 Å². The highest BCUT2D eigenvalue weighted by atomic mass is 35.5. The molecule has 134 valence electrons. The molecule has 1 N–H and O–H groups in total. The number of halogens is 1. The number of methoxy groups -OCH3 is 1. The number of nitrogens with zero attached hydrogens (tertiary/aromatic N) is 2. The number of hydrogen-bond acceptors (Lipinski definition) is 4. The molecule has 5 nitrogen and oxygen atoms in total. The van der Waals surface area contributed by atoms with Gasteiger partial charge in [0.1, 0.15) is 10.9 Å². The van der Waals surface area contributed by atoms with Gasteiger partial charge in [0.2, 0.25) is 5.91 Å². The molecule has 1 aliphatic heterocycles. The third-order valence-corrected chi connectivity index (χ3v) is 4.94. The first-order valence-corrected chi connectivity index (χ1v) is 9.19. The first-order valence-electron chi connectivity index (χ1n) is 8.82. The van der Waals surface area contributed by atoms with Crippen LogP contribution >= 0.6 is 11.6 Å². The van der Waals surface area contributed by atoms with Gasteiger partial charge in [-0.25, -0.2) is 4.98 Å². The van der Waals surface area contributed by atoms with E-state index in [9.17, 15) is 4.79 Å². The number of nitrogens with one attached hydrogen (secondary N) is 1. The standard InChI is InChI=1S/C19H24ClN3O2/c1-25-17-12-14-7-8-21-19(20)15(14)13-16(17)22-18(24)6-5-11-23-9-3-2-4-10-23/h7-8,12-13H,2-6,9-11H2,1H3,(H,22,24). The third-order valence-electron chi connectivity index (χ3n) is 4.64. The molecule has 1 amide bonds. The smallest absolute Gasteiger partial charge is 0.224 e. The van der Waals surface area contributed by atoms with Crippen molar-refractivity contribution < 1.29 is 9.53 Å². The molecule has 3 rings (SSSR count). The minimum absolute atomic E-state index is 0.00493. The molecule has 0 atom stereocenters. The first-order chi connectivity index (χ1) is 12.2. The van der Waals surface area contributed by atoms with Gasteiger partial charge in [0.15, 0.2) is 0 Å². The quantitative estimate of drug-likeness (QED) is 0.787. The van der Waals surface area contributed by atoms with Gasteiger partial charge in [-0.3, -0.25) is 4.79 Å². The lowest BCUT2D eigenvalue weighted by atomic mass is 10.1. The number of aromatic nitrogens is 1. The summed E-state index contributed by atoms with van der Waals surface area (Å²) in [5, 5.41) is 5.10. The van der Waals surface area contributed by atoms with Gasteiger partial charge in [-0.05, 0) is 62.5 Å². The van der Waals surface area contributed by atoms with E-state index >= 15 is 0 Å². The summed E-state index contributed by atoms with van der Waals surface area (Å²) >= 11 is 6.16. The summed E-state index contributed by atoms with van der Waals surface area (Å²) in [6.07, 6.45) is 6.90. The summed E-state index contributed by atoms with van der Waals surface area (Å²) in [5.41, 5.74) is 0.632. The van der Waals surface area contributed by atoms with Crippen molar-refractivity contribution >= 4 is 34.0 Å². The van der Waals surface area contributed by atoms with Gasteiger partial charge in [0.25, 0.3) is 0 Å². The van der Waals surface area contributed by atoms with E-state index in [1.165, 1.54) is 19.3 Å². The Morgan fingerprint density at radius 1 is 1.32 bits per heavy atom. The summed E-state index contributed by atoms with van der Waals surface area (Å²) in [7, 11) is 1.59. The van der Waals surface area contributed by atoms with E-state index in [2.05, 4.69) is 15.2 Å². The van der Waals surface area contributed by atoms with Crippen molar-refractivity contribution in [2.75, 3.05) is 32.1 Å². The average molecular weight is 362 g/mol. The van der Waals surface area contributed by atoms with Gasteiger partial charge < -0.3 is 15.0 Å². The monoisotopic (exact) mass is 361 g/mol. The second-order valence-electron chi connectivity index (χ2n) is 6.43. The molecule has 0 unspecified atom stereocenters. The molecule has 0 spiro atoms. The first kappa shape index (κ1) is 18.0. The maximum absolute atomic E-state index is 12.3. The van der Waals surface area contributed by atoms with Crippen LogP contribution < -0.4 is 10.1 Å². The number of ether oxygens (including phenoxy) is 1. The maximum atomic E-state index is 12.3. The van der Waals surface area contributed by atoms with Crippen LogP contribution in [-0.4, -0.2) is 42.5 Å². The van der Waals surface area contributed by atoms with E-state index in [0.29, 0.717) is 23.0 Å². The van der Waals surface area contributed by atoms with E-state index in [1.807, 2.05) is 18.2 Å². The minimum atomic E-state index is -0.00493. The molecule has 1 aromatic heterocycles. The van der Waals surface area contributed by atoms with Crippen LogP contribution in [0.4, 0.5) is 5.69 Å². The Hall–Kier alpha value is -1.85. The third kappa shape index (κ3) is 4.61. The van der Waals surface area contributed by atoms with Gasteiger partial charge in [-0.15, -0.1) is 0 Å². The second kappa shape index (κ2) is 8.50. The Morgan fingerprint density at radius 3 is 2.88 bits per heavy atom. The van der Waals surface area contributed by atoms with E-state index < -0.39 is 0 Å². The lowest BCUT2D eigenvalue weighted by Crippen LogP contribution is -2.31. The molecule has 2 heterocycles. The summed E-state index contributed by atoms with van der Waals surface area (Å²) in [6.45, 7) is 3.30. The molecule has 0 saturated carbocycles. The topological polar surface area (TPSA) is 54.5 Å². The van der Waals surface area contributed by atoms with Crippen LogP contribution in [0.15, 0.2) is 24.4 Å². The fourth-order valence-corrected chi connectivity index (χ4v) is 3.51. The highest BCUT2D eigenvalue weighted by Gasteiger charge is 2.13. The number of amides is 1. The lowest BCUT2D eigenvalue weighted by Gasteiger charge is -2.26. The van der Waals surface area contributed by atoms with Crippen molar-refractivity contribution in [2.45, 2.75) is 32.1 Å². The molecule has 0 radical (unpaired) electrons. The predicted molar refractivity (Wildman–Crippen MR) is 101 cm³/mol. The summed E-state index contributed by atoms with van der Waals surface area (Å²) < 4.78 is 5.41.